The molecule has 0 N–H and O–H groups in total. The molecule has 2 aromatic rings. The second kappa shape index (κ2) is 8.15. The van der Waals surface area contributed by atoms with E-state index in [0.29, 0.717) is 34.7 Å². The molecule has 5 rings (SSSR count). The molecule has 0 radical (unpaired) electrons. The number of likely N-dealkylation sites (N-methyl/N-ethyl adjacent to an activating group) is 1. The maximum Gasteiger partial charge on any atom is 0.277 e. The van der Waals surface area contributed by atoms with Gasteiger partial charge in [-0.05, 0) is 41.7 Å². The monoisotopic (exact) mass is 487 g/mol. The van der Waals surface area contributed by atoms with E-state index in [1.807, 2.05) is 13.8 Å². The molecule has 0 bridgehead atoms. The number of ketones is 1. The van der Waals surface area contributed by atoms with Gasteiger partial charge < -0.3 is 9.64 Å². The minimum atomic E-state index is -0.796. The van der Waals surface area contributed by atoms with Crippen molar-refractivity contribution in [3.63, 3.8) is 0 Å². The van der Waals surface area contributed by atoms with Crippen LogP contribution in [0.3, 0.4) is 0 Å². The Bertz CT molecular complexity index is 1390. The number of allylic oxidation sites excluding steroid dienone is 2. The Labute approximate surface area is 207 Å². The molecule has 0 saturated carbocycles. The number of Topliss-reactive ketones (excluding diaryl/α,β-unsaturated/α-hetero) is 1. The van der Waals surface area contributed by atoms with Crippen molar-refractivity contribution in [3.05, 3.63) is 86.7 Å². The summed E-state index contributed by atoms with van der Waals surface area (Å²) in [5, 5.41) is 11.2. The number of rotatable bonds is 4. The zero-order chi connectivity index (χ0) is 25.9. The van der Waals surface area contributed by atoms with E-state index in [-0.39, 0.29) is 34.6 Å². The number of benzene rings is 2. The minimum absolute atomic E-state index is 0.0973. The van der Waals surface area contributed by atoms with Gasteiger partial charge in [-0.2, -0.15) is 0 Å². The number of ether oxygens (including phenoxy) is 1. The highest BCUT2D eigenvalue weighted by Gasteiger charge is 2.52. The number of anilines is 1. The standard InChI is InChI=1S/C27H25N3O6/c1-27(2)13-19-22(20(31)14-27)21(15-5-7-17(8-6-15)30(34)35)23-24(26(33)28(3)25(23)32)29(19)16-9-11-18(36-4)12-10-16/h5-12,21H,13-14H2,1-4H3/t21-/m1/s1. The zero-order valence-corrected chi connectivity index (χ0v) is 20.4. The second-order valence-electron chi connectivity index (χ2n) is 10.0. The second-order valence-corrected chi connectivity index (χ2v) is 10.0. The number of nitro groups is 1. The van der Waals surface area contributed by atoms with Crippen LogP contribution < -0.4 is 9.64 Å². The number of carbonyl (C=O) groups excluding carboxylic acids is 3. The topological polar surface area (TPSA) is 110 Å². The van der Waals surface area contributed by atoms with Crippen LogP contribution in [-0.4, -0.2) is 41.6 Å². The largest absolute Gasteiger partial charge is 0.497 e. The van der Waals surface area contributed by atoms with Gasteiger partial charge in [-0.15, -0.1) is 0 Å². The fourth-order valence-electron chi connectivity index (χ4n) is 5.37. The first-order valence-corrected chi connectivity index (χ1v) is 11.6. The Morgan fingerprint density at radius 1 is 0.944 bits per heavy atom. The van der Waals surface area contributed by atoms with Crippen LogP contribution in [0.25, 0.3) is 0 Å². The van der Waals surface area contributed by atoms with Crippen molar-refractivity contribution >= 4 is 29.0 Å². The van der Waals surface area contributed by atoms with E-state index >= 15 is 0 Å². The van der Waals surface area contributed by atoms with Crippen molar-refractivity contribution in [3.8, 4) is 5.75 Å². The Balaban J connectivity index is 1.79. The Morgan fingerprint density at radius 3 is 2.17 bits per heavy atom. The molecule has 184 valence electrons. The third-order valence-electron chi connectivity index (χ3n) is 7.03. The van der Waals surface area contributed by atoms with Crippen LogP contribution >= 0.6 is 0 Å². The quantitative estimate of drug-likeness (QED) is 0.363. The molecule has 2 aliphatic heterocycles. The summed E-state index contributed by atoms with van der Waals surface area (Å²) in [5.74, 6) is -1.21. The smallest absolute Gasteiger partial charge is 0.277 e. The zero-order valence-electron chi connectivity index (χ0n) is 20.4. The summed E-state index contributed by atoms with van der Waals surface area (Å²) < 4.78 is 5.28. The fourth-order valence-corrected chi connectivity index (χ4v) is 5.37. The van der Waals surface area contributed by atoms with Gasteiger partial charge in [0.15, 0.2) is 5.78 Å². The van der Waals surface area contributed by atoms with Crippen molar-refractivity contribution in [1.29, 1.82) is 0 Å². The number of hydrogen-bond acceptors (Lipinski definition) is 7. The lowest BCUT2D eigenvalue weighted by atomic mass is 9.68. The fraction of sp³-hybridized carbons (Fsp3) is 0.296. The van der Waals surface area contributed by atoms with Crippen LogP contribution in [-0.2, 0) is 14.4 Å². The van der Waals surface area contributed by atoms with E-state index in [1.54, 1.807) is 48.4 Å². The van der Waals surface area contributed by atoms with Crippen LogP contribution in [0, 0.1) is 15.5 Å². The molecule has 2 amide bonds. The molecule has 0 fully saturated rings. The van der Waals surface area contributed by atoms with Gasteiger partial charge in [0.1, 0.15) is 11.4 Å². The molecule has 2 aromatic carbocycles. The first-order chi connectivity index (χ1) is 17.0. The maximum absolute atomic E-state index is 13.7. The average Bonchev–Trinajstić information content (AvgIpc) is 3.06. The lowest BCUT2D eigenvalue weighted by Crippen LogP contribution is -2.41. The number of nitro benzene ring substituents is 1. The van der Waals surface area contributed by atoms with E-state index in [2.05, 4.69) is 0 Å². The Hall–Kier alpha value is -4.27. The van der Waals surface area contributed by atoms with Gasteiger partial charge in [-0.3, -0.25) is 29.4 Å². The van der Waals surface area contributed by atoms with E-state index in [9.17, 15) is 24.5 Å². The highest BCUT2D eigenvalue weighted by atomic mass is 16.6. The third-order valence-corrected chi connectivity index (χ3v) is 7.03. The van der Waals surface area contributed by atoms with E-state index in [4.69, 9.17) is 4.74 Å². The Morgan fingerprint density at radius 2 is 1.58 bits per heavy atom. The molecule has 1 atom stereocenters. The molecule has 0 saturated heterocycles. The summed E-state index contributed by atoms with van der Waals surface area (Å²) in [6.45, 7) is 4.00. The number of non-ortho nitro benzene ring substituents is 1. The van der Waals surface area contributed by atoms with E-state index in [0.717, 1.165) is 4.90 Å². The van der Waals surface area contributed by atoms with Crippen molar-refractivity contribution in [2.75, 3.05) is 19.1 Å². The van der Waals surface area contributed by atoms with Crippen LogP contribution in [0.5, 0.6) is 5.75 Å². The molecule has 9 heteroatoms. The van der Waals surface area contributed by atoms with Gasteiger partial charge >= 0.3 is 0 Å². The molecule has 1 aliphatic carbocycles. The predicted molar refractivity (Wildman–Crippen MR) is 131 cm³/mol. The van der Waals surface area contributed by atoms with Gasteiger partial charge in [0.25, 0.3) is 17.5 Å². The lowest BCUT2D eigenvalue weighted by molar-refractivity contribution is -0.384. The molecule has 0 unspecified atom stereocenters. The van der Waals surface area contributed by atoms with Crippen LogP contribution in [0.15, 0.2) is 71.1 Å². The van der Waals surface area contributed by atoms with Crippen molar-refractivity contribution in [1.82, 2.24) is 4.90 Å². The maximum atomic E-state index is 13.7. The molecular weight excluding hydrogens is 462 g/mol. The number of imide groups is 1. The first-order valence-electron chi connectivity index (χ1n) is 11.6. The summed E-state index contributed by atoms with van der Waals surface area (Å²) in [6.07, 6.45) is 0.790. The number of amides is 2. The molecule has 0 spiro atoms. The van der Waals surface area contributed by atoms with Gasteiger partial charge in [0.05, 0.1) is 17.6 Å². The van der Waals surface area contributed by atoms with Crippen LogP contribution in [0.2, 0.25) is 0 Å². The van der Waals surface area contributed by atoms with Gasteiger partial charge in [0, 0.05) is 48.5 Å². The average molecular weight is 488 g/mol. The van der Waals surface area contributed by atoms with Gasteiger partial charge in [0.2, 0.25) is 0 Å². The van der Waals surface area contributed by atoms with Crippen molar-refractivity contribution < 1.29 is 24.0 Å². The molecular formula is C27H25N3O6. The highest BCUT2D eigenvalue weighted by molar-refractivity contribution is 6.24. The van der Waals surface area contributed by atoms with Crippen molar-refractivity contribution in [2.45, 2.75) is 32.6 Å². The van der Waals surface area contributed by atoms with Crippen LogP contribution in [0.1, 0.15) is 38.2 Å². The van der Waals surface area contributed by atoms with Gasteiger partial charge in [-0.1, -0.05) is 26.0 Å². The SMILES string of the molecule is COc1ccc(N2C3=C(C(=O)CC(C)(C)C3)[C@@H](c3ccc([N+](=O)[O-])cc3)C3=C2C(=O)N(C)C3=O)cc1. The number of nitrogens with zero attached hydrogens (tertiary/aromatic N) is 3. The highest BCUT2D eigenvalue weighted by Crippen LogP contribution is 2.53. The molecule has 0 aromatic heterocycles. The van der Waals surface area contributed by atoms with Gasteiger partial charge in [-0.25, -0.2) is 0 Å². The number of hydrogen-bond donors (Lipinski definition) is 0. The van der Waals surface area contributed by atoms with E-state index in [1.165, 1.54) is 19.2 Å². The molecule has 2 heterocycles. The normalized spacial score (nSPS) is 21.1. The molecule has 36 heavy (non-hydrogen) atoms. The summed E-state index contributed by atoms with van der Waals surface area (Å²) in [4.78, 5) is 54.1. The number of methoxy groups -OCH3 is 1. The summed E-state index contributed by atoms with van der Waals surface area (Å²) in [5.41, 5.74) is 2.27. The third kappa shape index (κ3) is 3.50. The summed E-state index contributed by atoms with van der Waals surface area (Å²) in [7, 11) is 2.98. The predicted octanol–water partition coefficient (Wildman–Crippen LogP) is 4.10. The minimum Gasteiger partial charge on any atom is -0.497 e. The van der Waals surface area contributed by atoms with E-state index < -0.39 is 22.7 Å². The molecule has 9 nitrogen and oxygen atoms in total. The first kappa shape index (κ1) is 23.5. The van der Waals surface area contributed by atoms with Crippen molar-refractivity contribution in [2.24, 2.45) is 5.41 Å². The Kier molecular flexibility index (Phi) is 5.31. The number of carbonyl (C=O) groups is 3. The summed E-state index contributed by atoms with van der Waals surface area (Å²) >= 11 is 0. The molecule has 3 aliphatic rings. The lowest BCUT2D eigenvalue weighted by Gasteiger charge is -2.43. The van der Waals surface area contributed by atoms with Crippen LogP contribution in [0.4, 0.5) is 11.4 Å². The summed E-state index contributed by atoms with van der Waals surface area (Å²) in [6, 6.07) is 12.9.